The monoisotopic (exact) mass is 335 g/mol. The van der Waals surface area contributed by atoms with Crippen molar-refractivity contribution in [2.75, 3.05) is 5.32 Å². The number of aliphatic hydroxyl groups is 1. The molecule has 6 heteroatoms. The smallest absolute Gasteiger partial charge is 0.227 e. The predicted molar refractivity (Wildman–Crippen MR) is 84.0 cm³/mol. The Balaban J connectivity index is 2.08. The molecule has 0 heterocycles. The molecule has 118 valence electrons. The molecular weight excluding hydrogens is 324 g/mol. The second-order valence-corrected chi connectivity index (χ2v) is 5.22. The van der Waals surface area contributed by atoms with E-state index in [-0.39, 0.29) is 12.0 Å². The summed E-state index contributed by atoms with van der Waals surface area (Å²) in [6.45, 7) is 0. The molecule has 0 aliphatic rings. The second kappa shape index (κ2) is 7.23. The Kier molecular flexibility index (Phi) is 5.32. The van der Waals surface area contributed by atoms with Gasteiger partial charge >= 0.3 is 0 Å². The van der Waals surface area contributed by atoms with Crippen molar-refractivity contribution in [2.24, 2.45) is 0 Å². The Morgan fingerprint density at radius 2 is 1.83 bits per heavy atom. The van der Waals surface area contributed by atoms with Crippen LogP contribution in [0.4, 0.5) is 14.5 Å². The average molecular weight is 336 g/mol. The zero-order chi connectivity index (χ0) is 17.0. The minimum absolute atomic E-state index is 0.0270. The van der Waals surface area contributed by atoms with Crippen molar-refractivity contribution in [3.05, 3.63) is 64.2 Å². The van der Waals surface area contributed by atoms with Crippen LogP contribution in [0.15, 0.2) is 36.4 Å². The molecule has 3 nitrogen and oxygen atoms in total. The van der Waals surface area contributed by atoms with Gasteiger partial charge in [-0.3, -0.25) is 4.79 Å². The molecule has 2 N–H and O–H groups in total. The molecule has 0 aliphatic carbocycles. The summed E-state index contributed by atoms with van der Waals surface area (Å²) < 4.78 is 27.5. The number of carbonyl (C=O) groups excluding carboxylic acids is 1. The van der Waals surface area contributed by atoms with E-state index in [1.807, 2.05) is 0 Å². The summed E-state index contributed by atoms with van der Waals surface area (Å²) in [5, 5.41) is 12.5. The fourth-order valence-corrected chi connectivity index (χ4v) is 2.07. The van der Waals surface area contributed by atoms with E-state index in [1.54, 1.807) is 24.3 Å². The lowest BCUT2D eigenvalue weighted by molar-refractivity contribution is -0.118. The van der Waals surface area contributed by atoms with E-state index in [9.17, 15) is 18.7 Å². The maximum absolute atomic E-state index is 13.7. The number of carbonyl (C=O) groups is 1. The number of amides is 1. The number of halogens is 3. The van der Waals surface area contributed by atoms with Gasteiger partial charge in [-0.25, -0.2) is 8.78 Å². The highest BCUT2D eigenvalue weighted by Crippen LogP contribution is 2.23. The van der Waals surface area contributed by atoms with Crippen LogP contribution in [-0.4, -0.2) is 11.0 Å². The van der Waals surface area contributed by atoms with Gasteiger partial charge in [0.05, 0.1) is 12.5 Å². The molecule has 0 spiro atoms. The lowest BCUT2D eigenvalue weighted by atomic mass is 10.1. The lowest BCUT2D eigenvalue weighted by Crippen LogP contribution is -2.17. The Hall–Kier alpha value is -2.42. The highest BCUT2D eigenvalue weighted by Gasteiger charge is 2.17. The van der Waals surface area contributed by atoms with Crippen LogP contribution in [0.3, 0.4) is 0 Å². The predicted octanol–water partition coefficient (Wildman–Crippen LogP) is 3.66. The Bertz CT molecular complexity index is 746. The minimum atomic E-state index is -1.12. The Morgan fingerprint density at radius 3 is 2.35 bits per heavy atom. The van der Waals surface area contributed by atoms with Crippen molar-refractivity contribution < 1.29 is 18.7 Å². The first-order valence-corrected chi connectivity index (χ1v) is 6.97. The summed E-state index contributed by atoms with van der Waals surface area (Å²) in [4.78, 5) is 11.9. The molecule has 2 aromatic carbocycles. The van der Waals surface area contributed by atoms with E-state index in [4.69, 9.17) is 18.0 Å². The summed E-state index contributed by atoms with van der Waals surface area (Å²) in [6, 6.07) is 8.13. The number of hydrogen-bond acceptors (Lipinski definition) is 2. The number of terminal acetylenes is 1. The SMILES string of the molecule is C#Cc1cc(F)c(NC(=O)CC(O)c2ccc(Cl)cc2)c(F)c1. The van der Waals surface area contributed by atoms with Crippen LogP contribution in [-0.2, 0) is 4.79 Å². The maximum Gasteiger partial charge on any atom is 0.227 e. The lowest BCUT2D eigenvalue weighted by Gasteiger charge is -2.12. The summed E-state index contributed by atoms with van der Waals surface area (Å²) >= 11 is 5.73. The fourth-order valence-electron chi connectivity index (χ4n) is 1.94. The summed E-state index contributed by atoms with van der Waals surface area (Å²) in [7, 11) is 0. The summed E-state index contributed by atoms with van der Waals surface area (Å²) in [6.07, 6.45) is 3.58. The van der Waals surface area contributed by atoms with E-state index in [0.717, 1.165) is 12.1 Å². The van der Waals surface area contributed by atoms with Gasteiger partial charge in [-0.1, -0.05) is 29.7 Å². The van der Waals surface area contributed by atoms with Crippen LogP contribution in [0, 0.1) is 24.0 Å². The van der Waals surface area contributed by atoms with E-state index in [1.165, 1.54) is 0 Å². The standard InChI is InChI=1S/C17H12ClF2NO2/c1-2-10-7-13(19)17(14(20)8-10)21-16(23)9-15(22)11-3-5-12(18)6-4-11/h1,3-8,15,22H,9H2,(H,21,23). The number of nitrogens with one attached hydrogen (secondary N) is 1. The number of anilines is 1. The molecule has 1 amide bonds. The molecule has 1 unspecified atom stereocenters. The van der Waals surface area contributed by atoms with E-state index < -0.39 is 29.3 Å². The van der Waals surface area contributed by atoms with Crippen LogP contribution in [0.25, 0.3) is 0 Å². The number of rotatable bonds is 4. The molecule has 0 bridgehead atoms. The van der Waals surface area contributed by atoms with Gasteiger partial charge in [0.1, 0.15) is 5.69 Å². The Morgan fingerprint density at radius 1 is 1.26 bits per heavy atom. The third-order valence-electron chi connectivity index (χ3n) is 3.11. The molecule has 1 atom stereocenters. The molecular formula is C17H12ClF2NO2. The topological polar surface area (TPSA) is 49.3 Å². The molecule has 0 saturated carbocycles. The number of benzene rings is 2. The molecule has 0 aromatic heterocycles. The van der Waals surface area contributed by atoms with Crippen LogP contribution in [0.1, 0.15) is 23.7 Å². The van der Waals surface area contributed by atoms with Crippen molar-refractivity contribution >= 4 is 23.2 Å². The highest BCUT2D eigenvalue weighted by atomic mass is 35.5. The quantitative estimate of drug-likeness (QED) is 0.838. The highest BCUT2D eigenvalue weighted by molar-refractivity contribution is 6.30. The minimum Gasteiger partial charge on any atom is -0.388 e. The Labute approximate surface area is 136 Å². The van der Waals surface area contributed by atoms with Crippen molar-refractivity contribution in [3.8, 4) is 12.3 Å². The van der Waals surface area contributed by atoms with Crippen LogP contribution in [0.5, 0.6) is 0 Å². The van der Waals surface area contributed by atoms with E-state index in [2.05, 4.69) is 11.2 Å². The number of aliphatic hydroxyl groups excluding tert-OH is 1. The zero-order valence-electron chi connectivity index (χ0n) is 11.8. The fraction of sp³-hybridized carbons (Fsp3) is 0.118. The van der Waals surface area contributed by atoms with Crippen molar-refractivity contribution in [2.45, 2.75) is 12.5 Å². The first kappa shape index (κ1) is 16.9. The van der Waals surface area contributed by atoms with Crippen molar-refractivity contribution in [3.63, 3.8) is 0 Å². The largest absolute Gasteiger partial charge is 0.388 e. The van der Waals surface area contributed by atoms with Gasteiger partial charge in [0.2, 0.25) is 5.91 Å². The first-order valence-electron chi connectivity index (χ1n) is 6.59. The summed E-state index contributed by atoms with van der Waals surface area (Å²) in [5.74, 6) is -0.592. The van der Waals surface area contributed by atoms with E-state index in [0.29, 0.717) is 10.6 Å². The van der Waals surface area contributed by atoms with Crippen LogP contribution < -0.4 is 5.32 Å². The van der Waals surface area contributed by atoms with Gasteiger partial charge in [-0.05, 0) is 29.8 Å². The van der Waals surface area contributed by atoms with Gasteiger partial charge in [0.25, 0.3) is 0 Å². The summed E-state index contributed by atoms with van der Waals surface area (Å²) in [5.41, 5.74) is -0.107. The van der Waals surface area contributed by atoms with Gasteiger partial charge in [-0.15, -0.1) is 6.42 Å². The van der Waals surface area contributed by atoms with Crippen molar-refractivity contribution in [1.82, 2.24) is 0 Å². The zero-order valence-corrected chi connectivity index (χ0v) is 12.6. The molecule has 0 radical (unpaired) electrons. The molecule has 0 fully saturated rings. The third kappa shape index (κ3) is 4.28. The average Bonchev–Trinajstić information content (AvgIpc) is 2.51. The number of hydrogen-bond donors (Lipinski definition) is 2. The van der Waals surface area contributed by atoms with E-state index >= 15 is 0 Å². The van der Waals surface area contributed by atoms with Gasteiger partial charge < -0.3 is 10.4 Å². The molecule has 23 heavy (non-hydrogen) atoms. The van der Waals surface area contributed by atoms with Crippen LogP contribution in [0.2, 0.25) is 5.02 Å². The normalized spacial score (nSPS) is 11.6. The first-order chi connectivity index (χ1) is 10.9. The maximum atomic E-state index is 13.7. The molecule has 0 aliphatic heterocycles. The molecule has 2 rings (SSSR count). The molecule has 2 aromatic rings. The van der Waals surface area contributed by atoms with Gasteiger partial charge in [0, 0.05) is 10.6 Å². The van der Waals surface area contributed by atoms with Crippen LogP contribution >= 0.6 is 11.6 Å². The van der Waals surface area contributed by atoms with Gasteiger partial charge in [-0.2, -0.15) is 0 Å². The van der Waals surface area contributed by atoms with Gasteiger partial charge in [0.15, 0.2) is 11.6 Å². The van der Waals surface area contributed by atoms with Crippen molar-refractivity contribution in [1.29, 1.82) is 0 Å². The molecule has 0 saturated heterocycles. The third-order valence-corrected chi connectivity index (χ3v) is 3.36. The second-order valence-electron chi connectivity index (χ2n) is 4.78.